The Balaban J connectivity index is 1.81. The van der Waals surface area contributed by atoms with Crippen molar-refractivity contribution in [2.24, 2.45) is 0 Å². The molecule has 1 aromatic heterocycles. The Hall–Kier alpha value is -2.69. The highest BCUT2D eigenvalue weighted by molar-refractivity contribution is 6.03. The van der Waals surface area contributed by atoms with Gasteiger partial charge in [-0.3, -0.25) is 9.36 Å². The van der Waals surface area contributed by atoms with Gasteiger partial charge in [0.25, 0.3) is 5.91 Å². The third-order valence-corrected chi connectivity index (χ3v) is 3.42. The van der Waals surface area contributed by atoms with Crippen molar-refractivity contribution in [1.29, 1.82) is 0 Å². The highest BCUT2D eigenvalue weighted by Gasteiger charge is 2.28. The number of amides is 1. The molecule has 1 amide bonds. The first kappa shape index (κ1) is 17.1. The number of aliphatic hydroxyl groups is 1. The maximum absolute atomic E-state index is 14.2. The minimum absolute atomic E-state index is 0.0521. The molecule has 2 atom stereocenters. The lowest BCUT2D eigenvalue weighted by Gasteiger charge is -2.13. The zero-order valence-corrected chi connectivity index (χ0v) is 12.7. The molecule has 0 saturated carbocycles. The third-order valence-electron chi connectivity index (χ3n) is 3.42. The Morgan fingerprint density at radius 2 is 2.24 bits per heavy atom. The fourth-order valence-corrected chi connectivity index (χ4v) is 2.23. The van der Waals surface area contributed by atoms with Gasteiger partial charge in [0.2, 0.25) is 0 Å². The summed E-state index contributed by atoms with van der Waals surface area (Å²) in [6, 6.07) is 4.77. The molecule has 2 heterocycles. The number of nitrogens with zero attached hydrogens (tertiary/aromatic N) is 2. The topological polar surface area (TPSA) is 103 Å². The predicted octanol–water partition coefficient (Wildman–Crippen LogP) is 0.638. The number of aromatic nitrogens is 2. The number of carbonyl (C=O) groups excluding carboxylic acids is 1. The van der Waals surface area contributed by atoms with E-state index in [2.05, 4.69) is 10.3 Å². The molecule has 25 heavy (non-hydrogen) atoms. The van der Waals surface area contributed by atoms with Crippen LogP contribution in [0.5, 0.6) is 0 Å². The number of aliphatic hydroxyl groups excluding tert-OH is 1. The van der Waals surface area contributed by atoms with Crippen LogP contribution in [-0.4, -0.2) is 40.1 Å². The van der Waals surface area contributed by atoms with E-state index in [9.17, 15) is 18.4 Å². The van der Waals surface area contributed by atoms with Crippen LogP contribution in [0.4, 0.5) is 14.6 Å². The molecule has 1 aromatic carbocycles. The molecule has 0 radical (unpaired) electrons. The second kappa shape index (κ2) is 7.05. The van der Waals surface area contributed by atoms with E-state index in [1.165, 1.54) is 12.1 Å². The summed E-state index contributed by atoms with van der Waals surface area (Å²) in [5, 5.41) is 11.0. The van der Waals surface area contributed by atoms with Gasteiger partial charge < -0.3 is 19.9 Å². The predicted molar refractivity (Wildman–Crippen MR) is 79.8 cm³/mol. The fourth-order valence-electron chi connectivity index (χ4n) is 2.23. The van der Waals surface area contributed by atoms with Crippen LogP contribution in [0.25, 0.3) is 0 Å². The van der Waals surface area contributed by atoms with Crippen LogP contribution in [-0.2, 0) is 9.47 Å². The first-order valence-electron chi connectivity index (χ1n) is 7.21. The lowest BCUT2D eigenvalue weighted by atomic mass is 10.2. The minimum atomic E-state index is -0.986. The van der Waals surface area contributed by atoms with Gasteiger partial charge >= 0.3 is 5.69 Å². The summed E-state index contributed by atoms with van der Waals surface area (Å²) < 4.78 is 38.4. The van der Waals surface area contributed by atoms with E-state index in [1.807, 2.05) is 0 Å². The molecule has 1 aliphatic heterocycles. The lowest BCUT2D eigenvalue weighted by Crippen LogP contribution is -2.30. The Labute approximate surface area is 139 Å². The monoisotopic (exact) mass is 353 g/mol. The van der Waals surface area contributed by atoms with E-state index < -0.39 is 48.2 Å². The maximum Gasteiger partial charge on any atom is 0.351 e. The smallest absolute Gasteiger partial charge is 0.351 e. The molecule has 0 bridgehead atoms. The maximum atomic E-state index is 14.2. The van der Waals surface area contributed by atoms with Crippen molar-refractivity contribution in [2.75, 3.05) is 18.5 Å². The van der Waals surface area contributed by atoms with Gasteiger partial charge in [-0.25, -0.2) is 13.6 Å². The van der Waals surface area contributed by atoms with E-state index in [-0.39, 0.29) is 12.2 Å². The van der Waals surface area contributed by atoms with Gasteiger partial charge in [0.05, 0.1) is 19.4 Å². The first-order valence-corrected chi connectivity index (χ1v) is 7.21. The Morgan fingerprint density at radius 1 is 1.44 bits per heavy atom. The Bertz CT molecular complexity index is 857. The molecular formula is C15H13F2N3O5. The van der Waals surface area contributed by atoms with E-state index in [1.54, 1.807) is 0 Å². The second-order valence-electron chi connectivity index (χ2n) is 5.13. The summed E-state index contributed by atoms with van der Waals surface area (Å²) in [5.41, 5.74) is -0.938. The van der Waals surface area contributed by atoms with Crippen molar-refractivity contribution in [1.82, 2.24) is 9.55 Å². The van der Waals surface area contributed by atoms with Gasteiger partial charge in [-0.05, 0) is 18.2 Å². The standard InChI is InChI=1S/C15H13F2N3O5/c16-9-3-1-2-8(4-9)14(22)18-13-10(17)5-20(15(23)19-13)11-7-24-12(6-21)25-11/h1-5,11-12,21H,6-7H2,(H,18,19,22,23). The summed E-state index contributed by atoms with van der Waals surface area (Å²) in [5.74, 6) is -3.02. The number of halogens is 2. The number of hydrogen-bond donors (Lipinski definition) is 2. The SMILES string of the molecule is O=C(Nc1nc(=O)n(C2COC(CO)O2)cc1F)c1cccc(F)c1. The van der Waals surface area contributed by atoms with Gasteiger partial charge in [-0.1, -0.05) is 6.07 Å². The van der Waals surface area contributed by atoms with Crippen LogP contribution < -0.4 is 11.0 Å². The summed E-state index contributed by atoms with van der Waals surface area (Å²) in [7, 11) is 0. The van der Waals surface area contributed by atoms with Crippen molar-refractivity contribution in [3.63, 3.8) is 0 Å². The van der Waals surface area contributed by atoms with Crippen LogP contribution in [0.3, 0.4) is 0 Å². The average Bonchev–Trinajstić information content (AvgIpc) is 3.06. The quantitative estimate of drug-likeness (QED) is 0.836. The molecule has 1 fully saturated rings. The third kappa shape index (κ3) is 3.71. The van der Waals surface area contributed by atoms with Crippen LogP contribution in [0.2, 0.25) is 0 Å². The van der Waals surface area contributed by atoms with Crippen LogP contribution >= 0.6 is 0 Å². The number of nitrogens with one attached hydrogen (secondary N) is 1. The minimum Gasteiger partial charge on any atom is -0.391 e. The molecule has 8 nitrogen and oxygen atoms in total. The van der Waals surface area contributed by atoms with Crippen molar-refractivity contribution >= 4 is 11.7 Å². The number of benzene rings is 1. The van der Waals surface area contributed by atoms with Crippen LogP contribution in [0, 0.1) is 11.6 Å². The summed E-state index contributed by atoms with van der Waals surface area (Å²) in [6.07, 6.45) is -1.04. The molecule has 2 unspecified atom stereocenters. The van der Waals surface area contributed by atoms with Gasteiger partial charge in [-0.15, -0.1) is 0 Å². The normalized spacial score (nSPS) is 19.8. The first-order chi connectivity index (χ1) is 12.0. The highest BCUT2D eigenvalue weighted by atomic mass is 19.1. The van der Waals surface area contributed by atoms with Gasteiger partial charge in [0, 0.05) is 5.56 Å². The van der Waals surface area contributed by atoms with Crippen molar-refractivity contribution in [3.05, 3.63) is 58.1 Å². The van der Waals surface area contributed by atoms with Crippen molar-refractivity contribution in [2.45, 2.75) is 12.5 Å². The van der Waals surface area contributed by atoms with Crippen molar-refractivity contribution < 1.29 is 28.2 Å². The van der Waals surface area contributed by atoms with Crippen molar-refractivity contribution in [3.8, 4) is 0 Å². The number of carbonyl (C=O) groups is 1. The molecule has 0 spiro atoms. The van der Waals surface area contributed by atoms with Crippen LogP contribution in [0.1, 0.15) is 16.6 Å². The van der Waals surface area contributed by atoms with E-state index in [0.29, 0.717) is 0 Å². The summed E-state index contributed by atoms with van der Waals surface area (Å²) in [6.45, 7) is -0.482. The number of ether oxygens (including phenoxy) is 2. The molecule has 3 rings (SSSR count). The average molecular weight is 353 g/mol. The van der Waals surface area contributed by atoms with Gasteiger partial charge in [-0.2, -0.15) is 4.98 Å². The Kier molecular flexibility index (Phi) is 4.83. The summed E-state index contributed by atoms with van der Waals surface area (Å²) in [4.78, 5) is 27.5. The molecule has 2 N–H and O–H groups in total. The molecule has 1 aliphatic rings. The number of hydrogen-bond acceptors (Lipinski definition) is 6. The summed E-state index contributed by atoms with van der Waals surface area (Å²) >= 11 is 0. The van der Waals surface area contributed by atoms with Crippen LogP contribution in [0.15, 0.2) is 35.3 Å². The van der Waals surface area contributed by atoms with E-state index >= 15 is 0 Å². The largest absolute Gasteiger partial charge is 0.391 e. The molecule has 1 saturated heterocycles. The molecule has 2 aromatic rings. The highest BCUT2D eigenvalue weighted by Crippen LogP contribution is 2.20. The zero-order chi connectivity index (χ0) is 18.0. The number of anilines is 1. The van der Waals surface area contributed by atoms with E-state index in [0.717, 1.165) is 22.9 Å². The zero-order valence-electron chi connectivity index (χ0n) is 12.7. The lowest BCUT2D eigenvalue weighted by molar-refractivity contribution is -0.0993. The second-order valence-corrected chi connectivity index (χ2v) is 5.13. The van der Waals surface area contributed by atoms with Gasteiger partial charge in [0.1, 0.15) is 5.82 Å². The molecular weight excluding hydrogens is 340 g/mol. The molecule has 132 valence electrons. The number of rotatable bonds is 4. The molecule has 0 aliphatic carbocycles. The van der Waals surface area contributed by atoms with E-state index in [4.69, 9.17) is 14.6 Å². The Morgan fingerprint density at radius 3 is 2.92 bits per heavy atom. The molecule has 10 heteroatoms. The van der Waals surface area contributed by atoms with Gasteiger partial charge in [0.15, 0.2) is 24.2 Å². The fraction of sp³-hybridized carbons (Fsp3) is 0.267.